The molecule has 1 aromatic carbocycles. The molecule has 0 bridgehead atoms. The third-order valence-electron chi connectivity index (χ3n) is 3.81. The molecule has 1 atom stereocenters. The highest BCUT2D eigenvalue weighted by molar-refractivity contribution is 5.94. The summed E-state index contributed by atoms with van der Waals surface area (Å²) in [5.74, 6) is -0.471. The van der Waals surface area contributed by atoms with Gasteiger partial charge in [-0.3, -0.25) is 9.59 Å². The molecule has 0 aromatic heterocycles. The van der Waals surface area contributed by atoms with Crippen molar-refractivity contribution in [2.45, 2.75) is 32.3 Å². The van der Waals surface area contributed by atoms with E-state index < -0.39 is 5.97 Å². The molecule has 1 fully saturated rings. The van der Waals surface area contributed by atoms with E-state index in [4.69, 9.17) is 14.6 Å². The van der Waals surface area contributed by atoms with Crippen LogP contribution in [-0.4, -0.2) is 54.3 Å². The van der Waals surface area contributed by atoms with Gasteiger partial charge >= 0.3 is 5.97 Å². The lowest BCUT2D eigenvalue weighted by atomic mass is 10.2. The van der Waals surface area contributed by atoms with Crippen LogP contribution in [0, 0.1) is 0 Å². The molecule has 0 saturated carbocycles. The second-order valence-corrected chi connectivity index (χ2v) is 5.50. The van der Waals surface area contributed by atoms with Crippen molar-refractivity contribution in [1.82, 2.24) is 4.90 Å². The van der Waals surface area contributed by atoms with E-state index in [0.717, 1.165) is 19.4 Å². The predicted octanol–water partition coefficient (Wildman–Crippen LogP) is 2.18. The van der Waals surface area contributed by atoms with E-state index in [1.165, 1.54) is 4.90 Å². The molecule has 1 aromatic rings. The first-order valence-electron chi connectivity index (χ1n) is 7.95. The minimum absolute atomic E-state index is 0.0607. The van der Waals surface area contributed by atoms with Crippen molar-refractivity contribution in [3.63, 3.8) is 0 Å². The summed E-state index contributed by atoms with van der Waals surface area (Å²) in [5.41, 5.74) is 0.502. The monoisotopic (exact) mass is 321 g/mol. The normalized spacial score (nSPS) is 17.0. The molecule has 126 valence electrons. The summed E-state index contributed by atoms with van der Waals surface area (Å²) in [4.78, 5) is 24.6. The van der Waals surface area contributed by atoms with Crippen molar-refractivity contribution in [3.05, 3.63) is 29.8 Å². The molecule has 1 aliphatic heterocycles. The minimum atomic E-state index is -0.912. The van der Waals surface area contributed by atoms with Gasteiger partial charge in [-0.25, -0.2) is 0 Å². The Balaban J connectivity index is 1.96. The van der Waals surface area contributed by atoms with Crippen LogP contribution in [-0.2, 0) is 9.53 Å². The SMILES string of the molecule is CCN(CCC(=O)O)C(=O)c1cccc(OCC2CCCO2)c1. The van der Waals surface area contributed by atoms with E-state index in [2.05, 4.69) is 0 Å². The summed E-state index contributed by atoms with van der Waals surface area (Å²) in [6.07, 6.45) is 2.12. The zero-order valence-corrected chi connectivity index (χ0v) is 13.4. The number of ether oxygens (including phenoxy) is 2. The van der Waals surface area contributed by atoms with Crippen molar-refractivity contribution < 1.29 is 24.2 Å². The Morgan fingerprint density at radius 1 is 1.43 bits per heavy atom. The fraction of sp³-hybridized carbons (Fsp3) is 0.529. The first-order valence-corrected chi connectivity index (χ1v) is 7.95. The number of carbonyl (C=O) groups excluding carboxylic acids is 1. The molecule has 1 amide bonds. The molecule has 23 heavy (non-hydrogen) atoms. The Morgan fingerprint density at radius 2 is 2.26 bits per heavy atom. The van der Waals surface area contributed by atoms with Gasteiger partial charge in [-0.1, -0.05) is 6.07 Å². The zero-order valence-electron chi connectivity index (χ0n) is 13.4. The highest BCUT2D eigenvalue weighted by atomic mass is 16.5. The van der Waals surface area contributed by atoms with E-state index in [9.17, 15) is 9.59 Å². The van der Waals surface area contributed by atoms with Gasteiger partial charge in [0.15, 0.2) is 0 Å². The lowest BCUT2D eigenvalue weighted by molar-refractivity contribution is -0.137. The molecule has 0 spiro atoms. The summed E-state index contributed by atoms with van der Waals surface area (Å²) < 4.78 is 11.2. The average molecular weight is 321 g/mol. The smallest absolute Gasteiger partial charge is 0.305 e. The lowest BCUT2D eigenvalue weighted by Gasteiger charge is -2.20. The maximum absolute atomic E-state index is 12.5. The van der Waals surface area contributed by atoms with Crippen molar-refractivity contribution in [3.8, 4) is 5.75 Å². The number of aliphatic carboxylic acids is 1. The minimum Gasteiger partial charge on any atom is -0.491 e. The molecule has 2 rings (SSSR count). The number of carboxylic acids is 1. The van der Waals surface area contributed by atoms with E-state index >= 15 is 0 Å². The van der Waals surface area contributed by atoms with Crippen molar-refractivity contribution in [2.75, 3.05) is 26.3 Å². The Labute approximate surface area is 136 Å². The lowest BCUT2D eigenvalue weighted by Crippen LogP contribution is -2.32. The maximum atomic E-state index is 12.5. The highest BCUT2D eigenvalue weighted by Crippen LogP contribution is 2.18. The quantitative estimate of drug-likeness (QED) is 0.794. The molecule has 1 heterocycles. The fourth-order valence-corrected chi connectivity index (χ4v) is 2.50. The number of nitrogens with zero attached hydrogens (tertiary/aromatic N) is 1. The van der Waals surface area contributed by atoms with Gasteiger partial charge in [0, 0.05) is 25.3 Å². The molecular formula is C17H23NO5. The van der Waals surface area contributed by atoms with Crippen molar-refractivity contribution in [2.24, 2.45) is 0 Å². The molecular weight excluding hydrogens is 298 g/mol. The van der Waals surface area contributed by atoms with Gasteiger partial charge < -0.3 is 19.5 Å². The van der Waals surface area contributed by atoms with Gasteiger partial charge in [0.2, 0.25) is 0 Å². The molecule has 1 aliphatic rings. The molecule has 1 N–H and O–H groups in total. The van der Waals surface area contributed by atoms with Crippen LogP contribution in [0.3, 0.4) is 0 Å². The van der Waals surface area contributed by atoms with Crippen LogP contribution in [0.1, 0.15) is 36.5 Å². The summed E-state index contributed by atoms with van der Waals surface area (Å²) >= 11 is 0. The first kappa shape index (κ1) is 17.3. The second-order valence-electron chi connectivity index (χ2n) is 5.50. The topological polar surface area (TPSA) is 76.1 Å². The summed E-state index contributed by atoms with van der Waals surface area (Å²) in [6, 6.07) is 6.98. The van der Waals surface area contributed by atoms with E-state index in [0.29, 0.717) is 24.5 Å². The molecule has 6 nitrogen and oxygen atoms in total. The number of amides is 1. The Bertz CT molecular complexity index is 540. The molecule has 1 unspecified atom stereocenters. The molecule has 6 heteroatoms. The second kappa shape index (κ2) is 8.53. The van der Waals surface area contributed by atoms with Gasteiger partial charge in [-0.15, -0.1) is 0 Å². The van der Waals surface area contributed by atoms with Crippen molar-refractivity contribution >= 4 is 11.9 Å². The number of rotatable bonds is 8. The van der Waals surface area contributed by atoms with Crippen LogP contribution in [0.25, 0.3) is 0 Å². The standard InChI is InChI=1S/C17H23NO5/c1-2-18(9-8-16(19)20)17(21)13-5-3-6-14(11-13)23-12-15-7-4-10-22-15/h3,5-6,11,15H,2,4,7-10,12H2,1H3,(H,19,20). The fourth-order valence-electron chi connectivity index (χ4n) is 2.50. The summed E-state index contributed by atoms with van der Waals surface area (Å²) in [7, 11) is 0. The number of hydrogen-bond donors (Lipinski definition) is 1. The first-order chi connectivity index (χ1) is 11.1. The van der Waals surface area contributed by atoms with E-state index in [-0.39, 0.29) is 25.0 Å². The van der Waals surface area contributed by atoms with Gasteiger partial charge in [0.1, 0.15) is 12.4 Å². The highest BCUT2D eigenvalue weighted by Gasteiger charge is 2.18. The van der Waals surface area contributed by atoms with Gasteiger partial charge in [-0.2, -0.15) is 0 Å². The average Bonchev–Trinajstić information content (AvgIpc) is 3.07. The van der Waals surface area contributed by atoms with Crippen molar-refractivity contribution in [1.29, 1.82) is 0 Å². The number of benzene rings is 1. The van der Waals surface area contributed by atoms with Gasteiger partial charge in [0.05, 0.1) is 12.5 Å². The number of carbonyl (C=O) groups is 2. The molecule has 0 radical (unpaired) electrons. The summed E-state index contributed by atoms with van der Waals surface area (Å²) in [6.45, 7) is 3.76. The Morgan fingerprint density at radius 3 is 2.91 bits per heavy atom. The van der Waals surface area contributed by atoms with Crippen LogP contribution < -0.4 is 4.74 Å². The number of hydrogen-bond acceptors (Lipinski definition) is 4. The van der Waals surface area contributed by atoms with Crippen LogP contribution in [0.5, 0.6) is 5.75 Å². The van der Waals surface area contributed by atoms with Crippen LogP contribution in [0.15, 0.2) is 24.3 Å². The van der Waals surface area contributed by atoms with Crippen LogP contribution >= 0.6 is 0 Å². The van der Waals surface area contributed by atoms with Crippen LogP contribution in [0.4, 0.5) is 0 Å². The Kier molecular flexibility index (Phi) is 6.40. The molecule has 1 saturated heterocycles. The number of carboxylic acid groups (broad SMARTS) is 1. The third kappa shape index (κ3) is 5.25. The van der Waals surface area contributed by atoms with E-state index in [1.54, 1.807) is 24.3 Å². The Hall–Kier alpha value is -2.08. The van der Waals surface area contributed by atoms with E-state index in [1.807, 2.05) is 6.92 Å². The molecule has 0 aliphatic carbocycles. The zero-order chi connectivity index (χ0) is 16.7. The van der Waals surface area contributed by atoms with Crippen LogP contribution in [0.2, 0.25) is 0 Å². The summed E-state index contributed by atoms with van der Waals surface area (Å²) in [5, 5.41) is 8.76. The maximum Gasteiger partial charge on any atom is 0.305 e. The van der Waals surface area contributed by atoms with Gasteiger partial charge in [0.25, 0.3) is 5.91 Å². The van der Waals surface area contributed by atoms with Gasteiger partial charge in [-0.05, 0) is 38.0 Å². The third-order valence-corrected chi connectivity index (χ3v) is 3.81. The predicted molar refractivity (Wildman–Crippen MR) is 84.7 cm³/mol. The largest absolute Gasteiger partial charge is 0.491 e.